The lowest BCUT2D eigenvalue weighted by atomic mass is 10.0. The van der Waals surface area contributed by atoms with E-state index in [0.29, 0.717) is 18.4 Å². The molecule has 0 spiro atoms. The number of likely N-dealkylation sites (N-methyl/N-ethyl adjacent to an activating group) is 1. The van der Waals surface area contributed by atoms with Crippen molar-refractivity contribution in [2.75, 3.05) is 7.05 Å². The van der Waals surface area contributed by atoms with Crippen molar-refractivity contribution in [3.05, 3.63) is 28.4 Å². The molecule has 7 heteroatoms. The first-order valence-electron chi connectivity index (χ1n) is 6.96. The topological polar surface area (TPSA) is 46.6 Å². The Balaban J connectivity index is 1.81. The average Bonchev–Trinajstić information content (AvgIpc) is 2.63. The summed E-state index contributed by atoms with van der Waals surface area (Å²) in [6, 6.07) is 4.19. The standard InChI is InChI=1S/C15H14I3NO3/c1-19-7-4-8(20)6-11(19)12(5-7)22-15(21)13-9(16)2-3-10(17)14(13)18/h2-3,7,11-12H,4-6H2,1H3. The number of hydrogen-bond donors (Lipinski definition) is 0. The number of nitrogens with zero attached hydrogens (tertiary/aromatic N) is 1. The summed E-state index contributed by atoms with van der Waals surface area (Å²) in [7, 11) is 2.02. The minimum Gasteiger partial charge on any atom is -0.457 e. The van der Waals surface area contributed by atoms with Crippen molar-refractivity contribution in [1.29, 1.82) is 0 Å². The molecule has 2 bridgehead atoms. The lowest BCUT2D eigenvalue weighted by molar-refractivity contribution is -0.123. The monoisotopic (exact) mass is 637 g/mol. The molecule has 118 valence electrons. The second kappa shape index (κ2) is 6.79. The lowest BCUT2D eigenvalue weighted by Gasteiger charge is -2.30. The van der Waals surface area contributed by atoms with Gasteiger partial charge in [0.05, 0.1) is 11.6 Å². The molecular weight excluding hydrogens is 623 g/mol. The van der Waals surface area contributed by atoms with Crippen LogP contribution in [0.3, 0.4) is 0 Å². The molecule has 1 aromatic rings. The number of hydrogen-bond acceptors (Lipinski definition) is 4. The van der Waals surface area contributed by atoms with Crippen molar-refractivity contribution >= 4 is 79.5 Å². The summed E-state index contributed by atoms with van der Waals surface area (Å²) < 4.78 is 8.68. The molecule has 0 radical (unpaired) electrons. The van der Waals surface area contributed by atoms with E-state index in [1.54, 1.807) is 0 Å². The SMILES string of the molecule is CN1C2CC(=O)CC1C(OC(=O)c1c(I)ccc(I)c1I)C2. The van der Waals surface area contributed by atoms with Crippen molar-refractivity contribution in [2.45, 2.75) is 37.5 Å². The van der Waals surface area contributed by atoms with E-state index >= 15 is 0 Å². The summed E-state index contributed by atoms with van der Waals surface area (Å²) in [4.78, 5) is 26.6. The van der Waals surface area contributed by atoms with Gasteiger partial charge in [-0.05, 0) is 87.0 Å². The summed E-state index contributed by atoms with van der Waals surface area (Å²) >= 11 is 6.59. The molecule has 0 aromatic heterocycles. The fraction of sp³-hybridized carbons (Fsp3) is 0.467. The van der Waals surface area contributed by atoms with Gasteiger partial charge in [0.25, 0.3) is 0 Å². The Morgan fingerprint density at radius 3 is 2.64 bits per heavy atom. The van der Waals surface area contributed by atoms with E-state index in [0.717, 1.165) is 17.1 Å². The number of ether oxygens (including phenoxy) is 1. The molecule has 0 aliphatic carbocycles. The molecule has 3 rings (SSSR count). The van der Waals surface area contributed by atoms with Crippen molar-refractivity contribution in [1.82, 2.24) is 4.90 Å². The van der Waals surface area contributed by atoms with E-state index in [1.807, 2.05) is 19.2 Å². The number of piperidine rings is 1. The summed E-state index contributed by atoms with van der Waals surface area (Å²) in [6.07, 6.45) is 1.65. The molecule has 1 aromatic carbocycles. The number of carbonyl (C=O) groups excluding carboxylic acids is 2. The van der Waals surface area contributed by atoms with Crippen LogP contribution < -0.4 is 0 Å². The quantitative estimate of drug-likeness (QED) is 0.284. The molecule has 2 heterocycles. The van der Waals surface area contributed by atoms with E-state index in [1.165, 1.54) is 0 Å². The third kappa shape index (κ3) is 3.18. The van der Waals surface area contributed by atoms with Gasteiger partial charge in [-0.3, -0.25) is 9.69 Å². The zero-order chi connectivity index (χ0) is 16.0. The third-order valence-electron chi connectivity index (χ3n) is 4.44. The Morgan fingerprint density at radius 1 is 1.23 bits per heavy atom. The van der Waals surface area contributed by atoms with Crippen LogP contribution in [0.4, 0.5) is 0 Å². The summed E-state index contributed by atoms with van der Waals surface area (Å²) in [5, 5.41) is 0. The van der Waals surface area contributed by atoms with Gasteiger partial charge in [0.1, 0.15) is 11.9 Å². The second-order valence-corrected chi connectivity index (χ2v) is 9.13. The molecule has 2 saturated heterocycles. The number of halogens is 3. The van der Waals surface area contributed by atoms with Gasteiger partial charge in [-0.2, -0.15) is 0 Å². The van der Waals surface area contributed by atoms with Gasteiger partial charge in [0.2, 0.25) is 0 Å². The Hall–Kier alpha value is 0.510. The van der Waals surface area contributed by atoms with Crippen LogP contribution in [0.2, 0.25) is 0 Å². The van der Waals surface area contributed by atoms with Gasteiger partial charge in [0.15, 0.2) is 0 Å². The molecule has 4 nitrogen and oxygen atoms in total. The molecule has 2 fully saturated rings. The fourth-order valence-corrected chi connectivity index (χ4v) is 5.57. The van der Waals surface area contributed by atoms with Gasteiger partial charge < -0.3 is 4.74 Å². The highest BCUT2D eigenvalue weighted by Crippen LogP contribution is 2.35. The van der Waals surface area contributed by atoms with Gasteiger partial charge >= 0.3 is 5.97 Å². The maximum atomic E-state index is 12.6. The summed E-state index contributed by atoms with van der Waals surface area (Å²) in [5.74, 6) is 0.00999. The number of ketones is 1. The average molecular weight is 637 g/mol. The maximum Gasteiger partial charge on any atom is 0.340 e. The highest BCUT2D eigenvalue weighted by atomic mass is 127. The van der Waals surface area contributed by atoms with E-state index in [2.05, 4.69) is 72.7 Å². The van der Waals surface area contributed by atoms with Crippen LogP contribution in [0.1, 0.15) is 29.6 Å². The van der Waals surface area contributed by atoms with Crippen molar-refractivity contribution in [3.63, 3.8) is 0 Å². The van der Waals surface area contributed by atoms with Gasteiger partial charge in [-0.15, -0.1) is 0 Å². The number of carbonyl (C=O) groups is 2. The van der Waals surface area contributed by atoms with Crippen LogP contribution >= 0.6 is 67.8 Å². The van der Waals surface area contributed by atoms with Crippen LogP contribution in [0.25, 0.3) is 0 Å². The minimum absolute atomic E-state index is 0.0355. The first-order valence-corrected chi connectivity index (χ1v) is 10.2. The van der Waals surface area contributed by atoms with Gasteiger partial charge in [-0.25, -0.2) is 4.79 Å². The number of Topliss-reactive ketones (excluding diaryl/α,β-unsaturated/α-hetero) is 1. The molecular formula is C15H14I3NO3. The van der Waals surface area contributed by atoms with E-state index < -0.39 is 0 Å². The van der Waals surface area contributed by atoms with Crippen LogP contribution in [0.5, 0.6) is 0 Å². The van der Waals surface area contributed by atoms with E-state index in [4.69, 9.17) is 4.74 Å². The van der Waals surface area contributed by atoms with Crippen LogP contribution in [0.15, 0.2) is 12.1 Å². The number of benzene rings is 1. The second-order valence-electron chi connectivity index (χ2n) is 5.73. The Labute approximate surface area is 170 Å². The number of fused-ring (bicyclic) bond motifs is 2. The molecule has 3 atom stereocenters. The highest BCUT2D eigenvalue weighted by Gasteiger charge is 2.46. The highest BCUT2D eigenvalue weighted by molar-refractivity contribution is 14.1. The fourth-order valence-electron chi connectivity index (χ4n) is 3.24. The summed E-state index contributed by atoms with van der Waals surface area (Å²) in [5.41, 5.74) is 0.642. The van der Waals surface area contributed by atoms with Crippen molar-refractivity contribution in [2.24, 2.45) is 0 Å². The Bertz CT molecular complexity index is 649. The van der Waals surface area contributed by atoms with Crippen LogP contribution in [0, 0.1) is 10.7 Å². The number of esters is 1. The zero-order valence-corrected chi connectivity index (χ0v) is 18.3. The van der Waals surface area contributed by atoms with Crippen LogP contribution in [-0.4, -0.2) is 41.9 Å². The molecule has 0 N–H and O–H groups in total. The normalized spacial score (nSPS) is 28.0. The van der Waals surface area contributed by atoms with Gasteiger partial charge in [0, 0.05) is 36.0 Å². The Morgan fingerprint density at radius 2 is 1.91 bits per heavy atom. The molecule has 2 aliphatic rings. The predicted octanol–water partition coefficient (Wildman–Crippen LogP) is 3.46. The molecule has 0 amide bonds. The van der Waals surface area contributed by atoms with E-state index in [9.17, 15) is 9.59 Å². The smallest absolute Gasteiger partial charge is 0.340 e. The van der Waals surface area contributed by atoms with E-state index in [-0.39, 0.29) is 29.9 Å². The molecule has 2 aliphatic heterocycles. The first-order chi connectivity index (χ1) is 10.4. The third-order valence-corrected chi connectivity index (χ3v) is 8.39. The van der Waals surface area contributed by atoms with Gasteiger partial charge in [-0.1, -0.05) is 0 Å². The lowest BCUT2D eigenvalue weighted by Crippen LogP contribution is -2.43. The number of rotatable bonds is 2. The molecule has 3 unspecified atom stereocenters. The largest absolute Gasteiger partial charge is 0.457 e. The molecule has 0 saturated carbocycles. The van der Waals surface area contributed by atoms with Crippen molar-refractivity contribution < 1.29 is 14.3 Å². The van der Waals surface area contributed by atoms with Crippen LogP contribution in [-0.2, 0) is 9.53 Å². The molecule has 22 heavy (non-hydrogen) atoms. The maximum absolute atomic E-state index is 12.6. The Kier molecular flexibility index (Phi) is 5.35. The zero-order valence-electron chi connectivity index (χ0n) is 11.8. The summed E-state index contributed by atoms with van der Waals surface area (Å²) in [6.45, 7) is 0. The first kappa shape index (κ1) is 17.3. The van der Waals surface area contributed by atoms with Crippen molar-refractivity contribution in [3.8, 4) is 0 Å². The minimum atomic E-state index is -0.272. The predicted molar refractivity (Wildman–Crippen MR) is 108 cm³/mol.